The van der Waals surface area contributed by atoms with Crippen LogP contribution in [0.4, 0.5) is 0 Å². The molecule has 0 radical (unpaired) electrons. The van der Waals surface area contributed by atoms with Crippen molar-refractivity contribution in [2.45, 2.75) is 17.7 Å². The Balaban J connectivity index is 0.00000196. The van der Waals surface area contributed by atoms with E-state index >= 15 is 0 Å². The average Bonchev–Trinajstić information content (AvgIpc) is 2.51. The van der Waals surface area contributed by atoms with Gasteiger partial charge in [0.1, 0.15) is 11.3 Å². The van der Waals surface area contributed by atoms with Crippen molar-refractivity contribution >= 4 is 16.2 Å². The van der Waals surface area contributed by atoms with Crippen molar-refractivity contribution < 1.29 is 52.4 Å². The Bertz CT molecular complexity index is 364. The van der Waals surface area contributed by atoms with Gasteiger partial charge in [-0.2, -0.15) is 8.42 Å². The first kappa shape index (κ1) is 14.9. The molecule has 0 fully saturated rings. The minimum Gasteiger partial charge on any atom is -0.604 e. The third-order valence-corrected chi connectivity index (χ3v) is 2.96. The maximum Gasteiger partial charge on any atom is 1.00 e. The van der Waals surface area contributed by atoms with Gasteiger partial charge in [-0.3, -0.25) is 9.55 Å². The van der Waals surface area contributed by atoms with E-state index in [0.29, 0.717) is 0 Å². The van der Waals surface area contributed by atoms with Gasteiger partial charge in [0.15, 0.2) is 0 Å². The molecule has 0 aliphatic heterocycles. The fourth-order valence-corrected chi connectivity index (χ4v) is 1.88. The number of hydrogen-bond acceptors (Lipinski definition) is 5. The molecule has 0 saturated heterocycles. The van der Waals surface area contributed by atoms with E-state index in [0.717, 1.165) is 0 Å². The van der Waals surface area contributed by atoms with E-state index in [1.807, 2.05) is 0 Å². The normalized spacial score (nSPS) is 26.1. The van der Waals surface area contributed by atoms with Gasteiger partial charge in [0.05, 0.1) is 6.04 Å². The summed E-state index contributed by atoms with van der Waals surface area (Å²) in [6, 6.07) is -0.533. The zero-order chi connectivity index (χ0) is 10.8. The third kappa shape index (κ3) is 4.52. The summed E-state index contributed by atoms with van der Waals surface area (Å²) in [5.41, 5.74) is 0. The molecular formula is C7H10NNaO5S. The Morgan fingerprint density at radius 1 is 1.60 bits per heavy atom. The fraction of sp³-hybridized carbons (Fsp3) is 0.571. The van der Waals surface area contributed by atoms with Crippen LogP contribution in [0.5, 0.6) is 0 Å². The molecule has 15 heavy (non-hydrogen) atoms. The Morgan fingerprint density at radius 3 is 2.60 bits per heavy atom. The van der Waals surface area contributed by atoms with Crippen LogP contribution in [-0.4, -0.2) is 37.5 Å². The quantitative estimate of drug-likeness (QED) is 0.175. The van der Waals surface area contributed by atoms with Crippen molar-refractivity contribution in [1.29, 1.82) is 0 Å². The molecule has 0 unspecified atom stereocenters. The predicted molar refractivity (Wildman–Crippen MR) is 47.3 cm³/mol. The number of aliphatic imine (C=N–C) groups is 1. The van der Waals surface area contributed by atoms with Crippen LogP contribution in [0, 0.1) is 0 Å². The number of ether oxygens (including phenoxy) is 1. The second kappa shape index (κ2) is 5.86. The maximum atomic E-state index is 10.7. The van der Waals surface area contributed by atoms with Gasteiger partial charge in [-0.15, -0.1) is 0 Å². The van der Waals surface area contributed by atoms with Crippen molar-refractivity contribution in [1.82, 2.24) is 0 Å². The number of rotatable bonds is 2. The average molecular weight is 243 g/mol. The first-order valence-electron chi connectivity index (χ1n) is 3.87. The second-order valence-electron chi connectivity index (χ2n) is 2.84. The van der Waals surface area contributed by atoms with Crippen LogP contribution in [0.2, 0.25) is 0 Å². The van der Waals surface area contributed by atoms with Crippen molar-refractivity contribution in [2.75, 3.05) is 7.11 Å². The molecule has 1 aliphatic rings. The van der Waals surface area contributed by atoms with Crippen LogP contribution in [0.15, 0.2) is 17.1 Å². The monoisotopic (exact) mass is 243 g/mol. The minimum absolute atomic E-state index is 0. The molecule has 0 aromatic rings. The topological polar surface area (TPSA) is 99.0 Å². The Morgan fingerprint density at radius 2 is 2.20 bits per heavy atom. The summed E-state index contributed by atoms with van der Waals surface area (Å²) in [4.78, 5) is 3.53. The number of methoxy groups -OCH3 is 1. The molecule has 1 aliphatic carbocycles. The Kier molecular flexibility index (Phi) is 5.82. The summed E-state index contributed by atoms with van der Waals surface area (Å²) in [6.07, 6.45) is 2.09. The predicted octanol–water partition coefficient (Wildman–Crippen LogP) is -4.06. The standard InChI is InChI=1S/C7H11NO5S.Na/c1-13-7(9)8-5-2-3-6(4-5)14(10,11)12;/h2-3,5-6H,4H2,1H3,(H,8,9)(H,10,11,12);/q;+1/p-1/t5-,6+;/m1./s1. The molecule has 0 spiro atoms. The van der Waals surface area contributed by atoms with Gasteiger partial charge in [0, 0.05) is 0 Å². The second-order valence-corrected chi connectivity index (χ2v) is 4.48. The largest absolute Gasteiger partial charge is 1.00 e. The van der Waals surface area contributed by atoms with E-state index in [2.05, 4.69) is 9.73 Å². The van der Waals surface area contributed by atoms with Gasteiger partial charge in [0.2, 0.25) is 0 Å². The summed E-state index contributed by atoms with van der Waals surface area (Å²) in [6.45, 7) is 0. The van der Waals surface area contributed by atoms with Crippen molar-refractivity contribution in [2.24, 2.45) is 4.99 Å². The van der Waals surface area contributed by atoms with Crippen LogP contribution in [0.25, 0.3) is 0 Å². The van der Waals surface area contributed by atoms with Crippen molar-refractivity contribution in [3.05, 3.63) is 12.2 Å². The molecule has 0 saturated carbocycles. The van der Waals surface area contributed by atoms with E-state index in [4.69, 9.17) is 4.55 Å². The van der Waals surface area contributed by atoms with E-state index in [1.165, 1.54) is 19.3 Å². The molecule has 1 rings (SSSR count). The third-order valence-electron chi connectivity index (χ3n) is 1.85. The smallest absolute Gasteiger partial charge is 0.604 e. The van der Waals surface area contributed by atoms with Gasteiger partial charge < -0.3 is 9.84 Å². The van der Waals surface area contributed by atoms with Crippen molar-refractivity contribution in [3.8, 4) is 0 Å². The molecule has 6 nitrogen and oxygen atoms in total. The number of nitrogens with zero attached hydrogens (tertiary/aromatic N) is 1. The fourth-order valence-electron chi connectivity index (χ4n) is 1.15. The molecule has 0 aromatic carbocycles. The zero-order valence-electron chi connectivity index (χ0n) is 8.45. The summed E-state index contributed by atoms with van der Waals surface area (Å²) < 4.78 is 34.3. The first-order chi connectivity index (χ1) is 6.43. The van der Waals surface area contributed by atoms with Crippen molar-refractivity contribution in [3.63, 3.8) is 0 Å². The summed E-state index contributed by atoms with van der Waals surface area (Å²) in [5, 5.41) is 9.72. The van der Waals surface area contributed by atoms with Crippen LogP contribution in [0.3, 0.4) is 0 Å². The van der Waals surface area contributed by atoms with E-state index in [-0.39, 0.29) is 36.0 Å². The van der Waals surface area contributed by atoms with Gasteiger partial charge >= 0.3 is 29.6 Å². The molecule has 80 valence electrons. The Hall–Kier alpha value is -0.0800. The van der Waals surface area contributed by atoms with Crippen LogP contribution in [0.1, 0.15) is 6.42 Å². The Labute approximate surface area is 110 Å². The van der Waals surface area contributed by atoms with Crippen LogP contribution < -0.4 is 34.7 Å². The summed E-state index contributed by atoms with van der Waals surface area (Å²) in [7, 11) is -2.89. The first-order valence-corrected chi connectivity index (χ1v) is 5.37. The molecule has 0 heterocycles. The van der Waals surface area contributed by atoms with E-state index in [1.54, 1.807) is 0 Å². The molecule has 1 N–H and O–H groups in total. The van der Waals surface area contributed by atoms with Gasteiger partial charge in [-0.25, -0.2) is 0 Å². The van der Waals surface area contributed by atoms with Crippen LogP contribution >= 0.6 is 0 Å². The molecule has 8 heteroatoms. The minimum atomic E-state index is -4.08. The summed E-state index contributed by atoms with van der Waals surface area (Å²) >= 11 is 0. The van der Waals surface area contributed by atoms with E-state index < -0.39 is 27.5 Å². The molecule has 0 bridgehead atoms. The molecule has 2 atom stereocenters. The van der Waals surface area contributed by atoms with Crippen LogP contribution in [-0.2, 0) is 14.9 Å². The SMILES string of the molecule is COC([O-])=N[C@@H]1C=C[C@H](S(=O)(=O)O)C1.[Na+]. The molecule has 0 amide bonds. The molecular weight excluding hydrogens is 233 g/mol. The van der Waals surface area contributed by atoms with E-state index in [9.17, 15) is 13.5 Å². The zero-order valence-corrected chi connectivity index (χ0v) is 11.3. The number of hydrogen-bond donors (Lipinski definition) is 1. The summed E-state index contributed by atoms with van der Waals surface area (Å²) in [5.74, 6) is 0. The van der Waals surface area contributed by atoms with Gasteiger partial charge in [-0.1, -0.05) is 12.2 Å². The van der Waals surface area contributed by atoms with Gasteiger partial charge in [-0.05, 0) is 13.5 Å². The van der Waals surface area contributed by atoms with Gasteiger partial charge in [0.25, 0.3) is 10.1 Å². The maximum absolute atomic E-state index is 10.7. The molecule has 0 aromatic heterocycles.